The Balaban J connectivity index is 2.46. The Bertz CT molecular complexity index is 156. The van der Waals surface area contributed by atoms with Crippen LogP contribution in [-0.2, 0) is 0 Å². The molecule has 0 aliphatic carbocycles. The van der Waals surface area contributed by atoms with E-state index >= 15 is 0 Å². The summed E-state index contributed by atoms with van der Waals surface area (Å²) in [5, 5.41) is 3.66. The molecule has 2 nitrogen and oxygen atoms in total. The number of hydrogen-bond donors (Lipinski definition) is 1. The van der Waals surface area contributed by atoms with Crippen molar-refractivity contribution in [3.63, 3.8) is 0 Å². The maximum Gasteiger partial charge on any atom is 0.0122 e. The van der Waals surface area contributed by atoms with Gasteiger partial charge in [-0.25, -0.2) is 0 Å². The summed E-state index contributed by atoms with van der Waals surface area (Å²) < 4.78 is 0. The highest BCUT2D eigenvalue weighted by atomic mass is 15.2. The van der Waals surface area contributed by atoms with Gasteiger partial charge in [-0.2, -0.15) is 0 Å². The molecule has 1 saturated heterocycles. The highest BCUT2D eigenvalue weighted by Crippen LogP contribution is 2.20. The molecule has 0 aromatic carbocycles. The second kappa shape index (κ2) is 4.43. The zero-order valence-electron chi connectivity index (χ0n) is 9.67. The van der Waals surface area contributed by atoms with E-state index in [0.717, 1.165) is 12.0 Å². The fourth-order valence-corrected chi connectivity index (χ4v) is 2.20. The summed E-state index contributed by atoms with van der Waals surface area (Å²) in [5.41, 5.74) is 0. The van der Waals surface area contributed by atoms with Gasteiger partial charge in [0, 0.05) is 24.7 Å². The number of piperidine rings is 1. The lowest BCUT2D eigenvalue weighted by Gasteiger charge is -2.40. The summed E-state index contributed by atoms with van der Waals surface area (Å²) in [5.74, 6) is 0.781. The van der Waals surface area contributed by atoms with Crippen LogP contribution in [0.25, 0.3) is 0 Å². The lowest BCUT2D eigenvalue weighted by molar-refractivity contribution is 0.118. The monoisotopic (exact) mass is 184 g/mol. The molecule has 2 heteroatoms. The van der Waals surface area contributed by atoms with Crippen molar-refractivity contribution in [3.8, 4) is 0 Å². The topological polar surface area (TPSA) is 15.3 Å². The minimum absolute atomic E-state index is 0.614. The number of rotatable bonds is 2. The zero-order chi connectivity index (χ0) is 10.0. The summed E-state index contributed by atoms with van der Waals surface area (Å²) in [6.07, 6.45) is 1.29. The van der Waals surface area contributed by atoms with Gasteiger partial charge in [-0.05, 0) is 26.3 Å². The first-order valence-electron chi connectivity index (χ1n) is 5.47. The van der Waals surface area contributed by atoms with Crippen LogP contribution in [0.1, 0.15) is 34.1 Å². The van der Waals surface area contributed by atoms with Gasteiger partial charge in [-0.15, -0.1) is 0 Å². The van der Waals surface area contributed by atoms with Crippen molar-refractivity contribution in [1.82, 2.24) is 10.2 Å². The maximum atomic E-state index is 3.66. The van der Waals surface area contributed by atoms with E-state index in [2.05, 4.69) is 45.0 Å². The molecule has 0 saturated carbocycles. The van der Waals surface area contributed by atoms with Crippen molar-refractivity contribution in [2.45, 2.75) is 52.2 Å². The molecular weight excluding hydrogens is 160 g/mol. The summed E-state index contributed by atoms with van der Waals surface area (Å²) in [4.78, 5) is 2.46. The quantitative estimate of drug-likeness (QED) is 0.703. The van der Waals surface area contributed by atoms with E-state index in [9.17, 15) is 0 Å². The van der Waals surface area contributed by atoms with Crippen molar-refractivity contribution < 1.29 is 0 Å². The van der Waals surface area contributed by atoms with Crippen molar-refractivity contribution in [2.75, 3.05) is 13.6 Å². The first-order valence-corrected chi connectivity index (χ1v) is 5.47. The van der Waals surface area contributed by atoms with E-state index in [-0.39, 0.29) is 0 Å². The molecule has 1 heterocycles. The Hall–Kier alpha value is -0.0800. The molecule has 0 aromatic rings. The molecule has 1 rings (SSSR count). The minimum Gasteiger partial charge on any atom is -0.311 e. The number of nitrogens with zero attached hydrogens (tertiary/aromatic N) is 1. The van der Waals surface area contributed by atoms with Gasteiger partial charge < -0.3 is 10.2 Å². The van der Waals surface area contributed by atoms with E-state index in [4.69, 9.17) is 0 Å². The molecule has 0 unspecified atom stereocenters. The Morgan fingerprint density at radius 2 is 1.92 bits per heavy atom. The third-order valence-electron chi connectivity index (χ3n) is 3.16. The van der Waals surface area contributed by atoms with E-state index in [1.165, 1.54) is 13.0 Å². The van der Waals surface area contributed by atoms with Gasteiger partial charge in [-0.3, -0.25) is 0 Å². The molecule has 1 aliphatic rings. The van der Waals surface area contributed by atoms with Crippen LogP contribution < -0.4 is 5.32 Å². The van der Waals surface area contributed by atoms with Crippen LogP contribution >= 0.6 is 0 Å². The van der Waals surface area contributed by atoms with Crippen LogP contribution in [0, 0.1) is 5.92 Å². The molecule has 1 N–H and O–H groups in total. The minimum atomic E-state index is 0.614. The Kier molecular flexibility index (Phi) is 3.74. The van der Waals surface area contributed by atoms with Crippen molar-refractivity contribution in [3.05, 3.63) is 0 Å². The number of hydrogen-bond acceptors (Lipinski definition) is 2. The summed E-state index contributed by atoms with van der Waals surface area (Å²) in [6.45, 7) is 10.4. The molecule has 13 heavy (non-hydrogen) atoms. The predicted octanol–water partition coefficient (Wildman–Crippen LogP) is 1.71. The fourth-order valence-electron chi connectivity index (χ4n) is 2.20. The first kappa shape index (κ1) is 11.0. The molecule has 0 spiro atoms. The highest BCUT2D eigenvalue weighted by Gasteiger charge is 2.28. The van der Waals surface area contributed by atoms with Gasteiger partial charge in [0.15, 0.2) is 0 Å². The lowest BCUT2D eigenvalue weighted by atomic mass is 9.89. The zero-order valence-corrected chi connectivity index (χ0v) is 9.67. The van der Waals surface area contributed by atoms with Crippen molar-refractivity contribution in [1.29, 1.82) is 0 Å². The molecule has 1 aliphatic heterocycles. The molecule has 0 radical (unpaired) electrons. The predicted molar refractivity (Wildman–Crippen MR) is 57.9 cm³/mol. The normalized spacial score (nSPS) is 36.9. The second-order valence-corrected chi connectivity index (χ2v) is 4.93. The smallest absolute Gasteiger partial charge is 0.0122 e. The maximum absolute atomic E-state index is 3.66. The van der Waals surface area contributed by atoms with Crippen LogP contribution in [0.4, 0.5) is 0 Å². The summed E-state index contributed by atoms with van der Waals surface area (Å²) in [6, 6.07) is 2.06. The Morgan fingerprint density at radius 3 is 2.46 bits per heavy atom. The standard InChI is InChI=1S/C11H24N2/c1-8(2)12-11-6-10(4)13(5)7-9(11)3/h8-12H,6-7H2,1-5H3/t9-,10+,11+/m0/s1. The average Bonchev–Trinajstić information content (AvgIpc) is 1.99. The van der Waals surface area contributed by atoms with Gasteiger partial charge >= 0.3 is 0 Å². The number of likely N-dealkylation sites (tertiary alicyclic amines) is 1. The molecule has 0 bridgehead atoms. The fraction of sp³-hybridized carbons (Fsp3) is 1.00. The second-order valence-electron chi connectivity index (χ2n) is 4.93. The largest absolute Gasteiger partial charge is 0.311 e. The third-order valence-corrected chi connectivity index (χ3v) is 3.16. The van der Waals surface area contributed by atoms with Gasteiger partial charge in [-0.1, -0.05) is 20.8 Å². The number of nitrogens with one attached hydrogen (secondary N) is 1. The van der Waals surface area contributed by atoms with Crippen LogP contribution in [0.5, 0.6) is 0 Å². The molecule has 3 atom stereocenters. The summed E-state index contributed by atoms with van der Waals surface area (Å²) >= 11 is 0. The van der Waals surface area contributed by atoms with Gasteiger partial charge in [0.05, 0.1) is 0 Å². The molecule has 78 valence electrons. The van der Waals surface area contributed by atoms with Crippen LogP contribution in [0.15, 0.2) is 0 Å². The molecule has 0 amide bonds. The van der Waals surface area contributed by atoms with Crippen molar-refractivity contribution >= 4 is 0 Å². The average molecular weight is 184 g/mol. The summed E-state index contributed by atoms with van der Waals surface area (Å²) in [7, 11) is 2.23. The van der Waals surface area contributed by atoms with E-state index in [1.807, 2.05) is 0 Å². The van der Waals surface area contributed by atoms with Crippen molar-refractivity contribution in [2.24, 2.45) is 5.92 Å². The lowest BCUT2D eigenvalue weighted by Crippen LogP contribution is -2.52. The highest BCUT2D eigenvalue weighted by molar-refractivity contribution is 4.86. The molecular formula is C11H24N2. The van der Waals surface area contributed by atoms with Gasteiger partial charge in [0.25, 0.3) is 0 Å². The van der Waals surface area contributed by atoms with Crippen LogP contribution in [0.2, 0.25) is 0 Å². The first-order chi connectivity index (χ1) is 6.00. The van der Waals surface area contributed by atoms with E-state index in [1.54, 1.807) is 0 Å². The third kappa shape index (κ3) is 2.96. The van der Waals surface area contributed by atoms with Crippen LogP contribution in [-0.4, -0.2) is 36.6 Å². The SMILES string of the molecule is CC(C)N[C@@H]1C[C@@H](C)N(C)C[C@@H]1C. The Labute approximate surface area is 82.7 Å². The molecule has 1 fully saturated rings. The van der Waals surface area contributed by atoms with Gasteiger partial charge in [0.1, 0.15) is 0 Å². The Morgan fingerprint density at radius 1 is 1.31 bits per heavy atom. The van der Waals surface area contributed by atoms with Gasteiger partial charge in [0.2, 0.25) is 0 Å². The van der Waals surface area contributed by atoms with E-state index in [0.29, 0.717) is 12.1 Å². The van der Waals surface area contributed by atoms with Crippen LogP contribution in [0.3, 0.4) is 0 Å². The molecule has 0 aromatic heterocycles. The van der Waals surface area contributed by atoms with E-state index < -0.39 is 0 Å².